The molecule has 0 amide bonds. The third-order valence-corrected chi connectivity index (χ3v) is 11.9. The maximum Gasteiger partial charge on any atom is 0.196 e. The largest absolute Gasteiger partial charge is 0.310 e. The summed E-state index contributed by atoms with van der Waals surface area (Å²) in [6.07, 6.45) is 0. The quantitative estimate of drug-likeness (QED) is 0.168. The van der Waals surface area contributed by atoms with Gasteiger partial charge in [0.1, 0.15) is 0 Å². The Bertz CT molecular complexity index is 3020. The molecule has 3 aromatic heterocycles. The van der Waals surface area contributed by atoms with Crippen LogP contribution in [0.4, 0.5) is 11.4 Å². The first-order valence-electron chi connectivity index (χ1n) is 16.0. The molecule has 49 heavy (non-hydrogen) atoms. The fourth-order valence-corrected chi connectivity index (χ4v) is 9.61. The lowest BCUT2D eigenvalue weighted by molar-refractivity contribution is 1.18. The lowest BCUT2D eigenvalue weighted by atomic mass is 9.98. The molecular weight excluding hydrogens is 635 g/mol. The van der Waals surface area contributed by atoms with Gasteiger partial charge < -0.3 is 4.57 Å². The van der Waals surface area contributed by atoms with E-state index in [0.717, 1.165) is 39.0 Å². The summed E-state index contributed by atoms with van der Waals surface area (Å²) in [4.78, 5) is 7.58. The number of fused-ring (bicyclic) bond motifs is 9. The SMILES string of the molecule is [C-]#[N+]c1ccc(-c2ccc3sc4cc5c(cc4c3c2)sc2ccc(-c3c([N+]#[C-])cccc3-n3c4ccccc4c4ccccc43)cc25)cc1. The van der Waals surface area contributed by atoms with Crippen LogP contribution in [0.1, 0.15) is 0 Å². The van der Waals surface area contributed by atoms with E-state index in [9.17, 15) is 0 Å². The van der Waals surface area contributed by atoms with E-state index in [0.29, 0.717) is 11.4 Å². The van der Waals surface area contributed by atoms with E-state index in [-0.39, 0.29) is 0 Å². The minimum absolute atomic E-state index is 0.643. The molecule has 0 fully saturated rings. The second-order valence-corrected chi connectivity index (χ2v) is 14.4. The van der Waals surface area contributed by atoms with Gasteiger partial charge in [0.05, 0.1) is 24.2 Å². The molecule has 5 heteroatoms. The van der Waals surface area contributed by atoms with Crippen LogP contribution in [-0.4, -0.2) is 4.57 Å². The van der Waals surface area contributed by atoms with E-state index < -0.39 is 0 Å². The van der Waals surface area contributed by atoms with Gasteiger partial charge in [-0.05, 0) is 71.3 Å². The predicted octanol–water partition coefficient (Wildman–Crippen LogP) is 14.0. The summed E-state index contributed by atoms with van der Waals surface area (Å²) in [6, 6.07) is 49.1. The van der Waals surface area contributed by atoms with Gasteiger partial charge in [-0.3, -0.25) is 0 Å². The summed E-state index contributed by atoms with van der Waals surface area (Å²) in [6.45, 7) is 15.5. The number of rotatable bonds is 3. The fourth-order valence-electron chi connectivity index (χ4n) is 7.39. The highest BCUT2D eigenvalue weighted by Gasteiger charge is 2.19. The van der Waals surface area contributed by atoms with Gasteiger partial charge in [-0.25, -0.2) is 9.69 Å². The molecule has 0 spiro atoms. The van der Waals surface area contributed by atoms with Crippen molar-refractivity contribution in [3.63, 3.8) is 0 Å². The first-order valence-corrected chi connectivity index (χ1v) is 17.6. The highest BCUT2D eigenvalue weighted by molar-refractivity contribution is 7.27. The van der Waals surface area contributed by atoms with E-state index in [4.69, 9.17) is 13.1 Å². The minimum Gasteiger partial charge on any atom is -0.310 e. The van der Waals surface area contributed by atoms with E-state index >= 15 is 0 Å². The maximum atomic E-state index is 8.19. The highest BCUT2D eigenvalue weighted by atomic mass is 32.1. The zero-order valence-corrected chi connectivity index (χ0v) is 27.6. The van der Waals surface area contributed by atoms with Crippen LogP contribution in [0, 0.1) is 13.1 Å². The van der Waals surface area contributed by atoms with Crippen LogP contribution in [0.15, 0.2) is 140 Å². The predicted molar refractivity (Wildman–Crippen MR) is 210 cm³/mol. The molecule has 0 saturated heterocycles. The molecule has 0 saturated carbocycles. The van der Waals surface area contributed by atoms with Crippen molar-refractivity contribution in [3.05, 3.63) is 162 Å². The fraction of sp³-hybridized carbons (Fsp3) is 0. The van der Waals surface area contributed by atoms with E-state index in [1.807, 2.05) is 59.1 Å². The lowest BCUT2D eigenvalue weighted by Crippen LogP contribution is -1.97. The van der Waals surface area contributed by atoms with Gasteiger partial charge in [0, 0.05) is 62.4 Å². The van der Waals surface area contributed by atoms with Crippen molar-refractivity contribution in [2.45, 2.75) is 0 Å². The number of hydrogen-bond acceptors (Lipinski definition) is 2. The number of aromatic nitrogens is 1. The van der Waals surface area contributed by atoms with Crippen LogP contribution in [0.5, 0.6) is 0 Å². The Hall–Kier alpha value is -6.24. The van der Waals surface area contributed by atoms with Crippen molar-refractivity contribution in [1.29, 1.82) is 0 Å². The van der Waals surface area contributed by atoms with Gasteiger partial charge in [0.15, 0.2) is 11.4 Å². The molecule has 10 aromatic rings. The molecule has 3 heterocycles. The van der Waals surface area contributed by atoms with Crippen molar-refractivity contribution in [3.8, 4) is 27.9 Å². The standard InChI is InChI=1S/C44H23N3S2/c1-45-29-18-14-26(15-19-29)27-16-20-40-32(22-27)34-24-43-35(25-42(34)48-40)33-23-28(17-21-41(33)49-43)44-36(46-2)10-7-13-39(44)47-37-11-5-3-8-30(37)31-9-4-6-12-38(31)47/h3-25H. The van der Waals surface area contributed by atoms with Crippen LogP contribution in [0.3, 0.4) is 0 Å². The van der Waals surface area contributed by atoms with Gasteiger partial charge in [-0.1, -0.05) is 84.9 Å². The Morgan fingerprint density at radius 2 is 0.980 bits per heavy atom. The summed E-state index contributed by atoms with van der Waals surface area (Å²) >= 11 is 3.65. The monoisotopic (exact) mass is 657 g/mol. The van der Waals surface area contributed by atoms with E-state index in [1.165, 1.54) is 51.1 Å². The molecule has 226 valence electrons. The number of benzene rings is 7. The summed E-state index contributed by atoms with van der Waals surface area (Å²) < 4.78 is 7.34. The lowest BCUT2D eigenvalue weighted by Gasteiger charge is -2.16. The van der Waals surface area contributed by atoms with Crippen LogP contribution in [0.2, 0.25) is 0 Å². The Morgan fingerprint density at radius 1 is 0.429 bits per heavy atom. The average Bonchev–Trinajstić information content (AvgIpc) is 3.81. The van der Waals surface area contributed by atoms with Gasteiger partial charge in [0.2, 0.25) is 0 Å². The molecule has 0 bridgehead atoms. The summed E-state index contributed by atoms with van der Waals surface area (Å²) in [5.74, 6) is 0. The Kier molecular flexibility index (Phi) is 6.04. The normalized spacial score (nSPS) is 11.6. The number of nitrogens with zero attached hydrogens (tertiary/aromatic N) is 3. The summed E-state index contributed by atoms with van der Waals surface area (Å²) in [7, 11) is 0. The van der Waals surface area contributed by atoms with Gasteiger partial charge >= 0.3 is 0 Å². The van der Waals surface area contributed by atoms with Crippen molar-refractivity contribution < 1.29 is 0 Å². The molecule has 0 unspecified atom stereocenters. The Morgan fingerprint density at radius 3 is 1.59 bits per heavy atom. The van der Waals surface area contributed by atoms with Gasteiger partial charge in [0.25, 0.3) is 0 Å². The Balaban J connectivity index is 1.17. The molecule has 0 aliphatic carbocycles. The second-order valence-electron chi connectivity index (χ2n) is 12.3. The van der Waals surface area contributed by atoms with E-state index in [1.54, 1.807) is 0 Å². The van der Waals surface area contributed by atoms with Crippen LogP contribution < -0.4 is 0 Å². The van der Waals surface area contributed by atoms with Crippen molar-refractivity contribution in [2.24, 2.45) is 0 Å². The molecule has 0 radical (unpaired) electrons. The molecule has 7 aromatic carbocycles. The molecular formula is C44H23N3S2. The molecule has 0 N–H and O–H groups in total. The first kappa shape index (κ1) is 27.8. The highest BCUT2D eigenvalue weighted by Crippen LogP contribution is 2.46. The topological polar surface area (TPSA) is 13.7 Å². The smallest absolute Gasteiger partial charge is 0.196 e. The summed E-state index contributed by atoms with van der Waals surface area (Å²) in [5.41, 5.74) is 8.83. The number of hydrogen-bond donors (Lipinski definition) is 0. The molecule has 10 rings (SSSR count). The summed E-state index contributed by atoms with van der Waals surface area (Å²) in [5, 5.41) is 7.39. The van der Waals surface area contributed by atoms with Crippen molar-refractivity contribution in [1.82, 2.24) is 4.57 Å². The van der Waals surface area contributed by atoms with E-state index in [2.05, 4.69) is 117 Å². The number of para-hydroxylation sites is 2. The first-order chi connectivity index (χ1) is 24.2. The molecule has 0 aliphatic rings. The van der Waals surface area contributed by atoms with Crippen LogP contribution >= 0.6 is 22.7 Å². The molecule has 3 nitrogen and oxygen atoms in total. The molecule has 0 aliphatic heterocycles. The van der Waals surface area contributed by atoms with Gasteiger partial charge in [-0.15, -0.1) is 22.7 Å². The minimum atomic E-state index is 0.643. The Labute approximate surface area is 289 Å². The third-order valence-electron chi connectivity index (χ3n) is 9.64. The second kappa shape index (κ2) is 10.6. The van der Waals surface area contributed by atoms with Crippen molar-refractivity contribution in [2.75, 3.05) is 0 Å². The van der Waals surface area contributed by atoms with Crippen LogP contribution in [-0.2, 0) is 0 Å². The third kappa shape index (κ3) is 4.17. The van der Waals surface area contributed by atoms with Crippen LogP contribution in [0.25, 0.3) is 99.8 Å². The maximum absolute atomic E-state index is 8.19. The zero-order valence-electron chi connectivity index (χ0n) is 25.9. The average molecular weight is 658 g/mol. The number of thiophene rings is 2. The zero-order chi connectivity index (χ0) is 32.6. The van der Waals surface area contributed by atoms with Crippen molar-refractivity contribution >= 4 is 96.2 Å². The molecule has 0 atom stereocenters. The van der Waals surface area contributed by atoms with Gasteiger partial charge in [-0.2, -0.15) is 0 Å².